The maximum Gasteiger partial charge on any atom is 0.188 e. The fourth-order valence-corrected chi connectivity index (χ4v) is 1.81. The Hall–Kier alpha value is -1.65. The van der Waals surface area contributed by atoms with Gasteiger partial charge < -0.3 is 16.4 Å². The van der Waals surface area contributed by atoms with Crippen molar-refractivity contribution in [1.29, 1.82) is 0 Å². The van der Waals surface area contributed by atoms with Crippen LogP contribution in [0, 0.1) is 5.92 Å². The number of guanidine groups is 1. The predicted octanol–water partition coefficient (Wildman–Crippen LogP) is 0.953. The summed E-state index contributed by atoms with van der Waals surface area (Å²) >= 11 is 0. The van der Waals surface area contributed by atoms with Crippen molar-refractivity contribution in [3.63, 3.8) is 0 Å². The van der Waals surface area contributed by atoms with Crippen LogP contribution in [0.1, 0.15) is 13.8 Å². The normalized spacial score (nSPS) is 11.5. The largest absolute Gasteiger partial charge is 0.370 e. The molecule has 0 aromatic carbocycles. The zero-order valence-electron chi connectivity index (χ0n) is 13.1. The van der Waals surface area contributed by atoms with E-state index in [0.29, 0.717) is 25.0 Å². The van der Waals surface area contributed by atoms with Crippen LogP contribution in [0.15, 0.2) is 17.5 Å². The van der Waals surface area contributed by atoms with Gasteiger partial charge in [-0.25, -0.2) is 9.97 Å². The minimum atomic E-state index is 0. The number of aliphatic imine (C=N–C) groups is 1. The molecule has 0 unspecified atom stereocenters. The van der Waals surface area contributed by atoms with Crippen molar-refractivity contribution in [1.82, 2.24) is 25.1 Å². The van der Waals surface area contributed by atoms with E-state index in [1.165, 1.54) is 6.33 Å². The Morgan fingerprint density at radius 3 is 2.86 bits per heavy atom. The molecule has 0 bridgehead atoms. The van der Waals surface area contributed by atoms with Crippen molar-refractivity contribution >= 4 is 46.8 Å². The number of nitrogens with zero attached hydrogens (tertiary/aromatic N) is 5. The molecule has 0 saturated heterocycles. The summed E-state index contributed by atoms with van der Waals surface area (Å²) < 4.78 is 1.72. The highest BCUT2D eigenvalue weighted by atomic mass is 127. The number of aromatic nitrogens is 4. The molecule has 0 aliphatic rings. The molecule has 2 aromatic heterocycles. The molecule has 0 spiro atoms. The van der Waals surface area contributed by atoms with Gasteiger partial charge in [0.15, 0.2) is 11.6 Å². The predicted molar refractivity (Wildman–Crippen MR) is 99.5 cm³/mol. The maximum absolute atomic E-state index is 5.77. The average Bonchev–Trinajstić information content (AvgIpc) is 2.84. The van der Waals surface area contributed by atoms with Crippen molar-refractivity contribution in [2.24, 2.45) is 23.7 Å². The van der Waals surface area contributed by atoms with Crippen molar-refractivity contribution < 1.29 is 0 Å². The van der Waals surface area contributed by atoms with Crippen LogP contribution in [0.5, 0.6) is 0 Å². The molecule has 0 aliphatic heterocycles. The zero-order valence-corrected chi connectivity index (χ0v) is 15.4. The quantitative estimate of drug-likeness (QED) is 0.279. The lowest BCUT2D eigenvalue weighted by Crippen LogP contribution is -2.35. The monoisotopic (exact) mass is 418 g/mol. The first kappa shape index (κ1) is 18.4. The number of rotatable bonds is 6. The second-order valence-corrected chi connectivity index (χ2v) is 5.20. The highest BCUT2D eigenvalue weighted by molar-refractivity contribution is 14.0. The molecule has 0 amide bonds. The van der Waals surface area contributed by atoms with E-state index >= 15 is 0 Å². The third-order valence-corrected chi connectivity index (χ3v) is 2.88. The third-order valence-electron chi connectivity index (χ3n) is 2.88. The summed E-state index contributed by atoms with van der Waals surface area (Å²) in [7, 11) is 1.85. The van der Waals surface area contributed by atoms with Gasteiger partial charge in [0, 0.05) is 26.7 Å². The smallest absolute Gasteiger partial charge is 0.188 e. The summed E-state index contributed by atoms with van der Waals surface area (Å²) in [5, 5.41) is 11.4. The number of fused-ring (bicyclic) bond motifs is 1. The second-order valence-electron chi connectivity index (χ2n) is 5.20. The van der Waals surface area contributed by atoms with E-state index in [9.17, 15) is 0 Å². The van der Waals surface area contributed by atoms with Crippen molar-refractivity contribution in [2.45, 2.75) is 13.8 Å². The lowest BCUT2D eigenvalue weighted by atomic mass is 10.2. The van der Waals surface area contributed by atoms with Crippen LogP contribution in [0.3, 0.4) is 0 Å². The molecule has 22 heavy (non-hydrogen) atoms. The van der Waals surface area contributed by atoms with Crippen LogP contribution in [0.2, 0.25) is 0 Å². The second kappa shape index (κ2) is 8.71. The molecule has 0 saturated carbocycles. The lowest BCUT2D eigenvalue weighted by molar-refractivity contribution is 0.661. The Labute approximate surface area is 147 Å². The Morgan fingerprint density at radius 1 is 1.36 bits per heavy atom. The summed E-state index contributed by atoms with van der Waals surface area (Å²) in [6.07, 6.45) is 3.28. The van der Waals surface area contributed by atoms with Gasteiger partial charge in [0.25, 0.3) is 0 Å². The maximum atomic E-state index is 5.77. The van der Waals surface area contributed by atoms with Gasteiger partial charge in [0.05, 0.1) is 11.6 Å². The first-order valence-electron chi connectivity index (χ1n) is 6.98. The van der Waals surface area contributed by atoms with Crippen LogP contribution >= 0.6 is 24.0 Å². The van der Waals surface area contributed by atoms with Crippen molar-refractivity contribution in [2.75, 3.05) is 25.0 Å². The number of hydrogen-bond donors (Lipinski definition) is 3. The summed E-state index contributed by atoms with van der Waals surface area (Å²) in [6, 6.07) is 0. The van der Waals surface area contributed by atoms with Gasteiger partial charge in [-0.3, -0.25) is 9.67 Å². The minimum Gasteiger partial charge on any atom is -0.370 e. The fraction of sp³-hybridized carbons (Fsp3) is 0.538. The van der Waals surface area contributed by atoms with Gasteiger partial charge >= 0.3 is 0 Å². The van der Waals surface area contributed by atoms with Gasteiger partial charge in [-0.1, -0.05) is 13.8 Å². The minimum absolute atomic E-state index is 0. The molecule has 2 heterocycles. The molecular formula is C13H23IN8. The number of nitrogens with one attached hydrogen (secondary N) is 2. The lowest BCUT2D eigenvalue weighted by Gasteiger charge is -2.08. The van der Waals surface area contributed by atoms with Gasteiger partial charge in [-0.05, 0) is 5.92 Å². The van der Waals surface area contributed by atoms with Gasteiger partial charge in [0.2, 0.25) is 0 Å². The standard InChI is InChI=1S/C13H22N8.HI/c1-9(2)6-17-13(14)16-5-4-15-11-10-7-20-21(3)12(10)19-8-18-11;/h7-9H,4-6H2,1-3H3,(H3,14,16,17)(H,15,18,19);1H. The fourth-order valence-electron chi connectivity index (χ4n) is 1.81. The number of halogens is 1. The number of anilines is 1. The van der Waals surface area contributed by atoms with E-state index in [0.717, 1.165) is 23.4 Å². The molecule has 0 radical (unpaired) electrons. The molecule has 4 N–H and O–H groups in total. The number of aryl methyl sites for hydroxylation is 1. The summed E-state index contributed by atoms with van der Waals surface area (Å²) in [5.41, 5.74) is 6.57. The molecule has 0 atom stereocenters. The topological polar surface area (TPSA) is 106 Å². The first-order valence-corrected chi connectivity index (χ1v) is 6.98. The van der Waals surface area contributed by atoms with E-state index in [2.05, 4.69) is 44.5 Å². The van der Waals surface area contributed by atoms with E-state index in [1.807, 2.05) is 7.05 Å². The van der Waals surface area contributed by atoms with E-state index in [-0.39, 0.29) is 24.0 Å². The Bertz CT molecular complexity index is 622. The van der Waals surface area contributed by atoms with E-state index < -0.39 is 0 Å². The SMILES string of the molecule is CC(C)CN=C(N)NCCNc1ncnc2c1cnn2C.I. The van der Waals surface area contributed by atoms with Crippen LogP contribution in [0.4, 0.5) is 5.82 Å². The third kappa shape index (κ3) is 4.97. The van der Waals surface area contributed by atoms with Gasteiger partial charge in [-0.2, -0.15) is 5.10 Å². The highest BCUT2D eigenvalue weighted by Crippen LogP contribution is 2.16. The summed E-state index contributed by atoms with van der Waals surface area (Å²) in [5.74, 6) is 1.75. The Morgan fingerprint density at radius 2 is 2.14 bits per heavy atom. The number of hydrogen-bond acceptors (Lipinski definition) is 5. The van der Waals surface area contributed by atoms with Crippen molar-refractivity contribution in [3.8, 4) is 0 Å². The zero-order chi connectivity index (χ0) is 15.2. The van der Waals surface area contributed by atoms with Crippen LogP contribution < -0.4 is 16.4 Å². The molecule has 2 rings (SSSR count). The number of nitrogens with two attached hydrogens (primary N) is 1. The van der Waals surface area contributed by atoms with Crippen LogP contribution in [-0.2, 0) is 7.05 Å². The van der Waals surface area contributed by atoms with Gasteiger partial charge in [-0.15, -0.1) is 24.0 Å². The average molecular weight is 418 g/mol. The van der Waals surface area contributed by atoms with E-state index in [4.69, 9.17) is 5.73 Å². The Balaban J connectivity index is 0.00000242. The van der Waals surface area contributed by atoms with Crippen LogP contribution in [-0.4, -0.2) is 45.3 Å². The molecule has 122 valence electrons. The first-order chi connectivity index (χ1) is 10.1. The van der Waals surface area contributed by atoms with E-state index in [1.54, 1.807) is 10.9 Å². The molecule has 0 fully saturated rings. The highest BCUT2D eigenvalue weighted by Gasteiger charge is 2.06. The molecule has 0 aliphatic carbocycles. The molecule has 9 heteroatoms. The molecule has 8 nitrogen and oxygen atoms in total. The summed E-state index contributed by atoms with van der Waals surface area (Å²) in [4.78, 5) is 12.7. The van der Waals surface area contributed by atoms with Crippen LogP contribution in [0.25, 0.3) is 11.0 Å². The molecule has 2 aromatic rings. The molecular weight excluding hydrogens is 395 g/mol. The summed E-state index contributed by atoms with van der Waals surface area (Å²) in [6.45, 7) is 6.28. The Kier molecular flexibility index (Phi) is 7.28. The van der Waals surface area contributed by atoms with Crippen molar-refractivity contribution in [3.05, 3.63) is 12.5 Å². The van der Waals surface area contributed by atoms with Gasteiger partial charge in [0.1, 0.15) is 12.1 Å².